The van der Waals surface area contributed by atoms with E-state index in [1.807, 2.05) is 0 Å². The van der Waals surface area contributed by atoms with Crippen molar-refractivity contribution in [3.05, 3.63) is 0 Å². The van der Waals surface area contributed by atoms with Crippen LogP contribution in [0.4, 0.5) is 0 Å². The van der Waals surface area contributed by atoms with Gasteiger partial charge < -0.3 is 40.2 Å². The second kappa shape index (κ2) is 10.9. The minimum absolute atomic E-state index is 0. The van der Waals surface area contributed by atoms with Gasteiger partial charge in [0.1, 0.15) is 24.4 Å². The molecular weight excluding hydrogens is 278 g/mol. The first-order valence-electron chi connectivity index (χ1n) is 3.43. The van der Waals surface area contributed by atoms with Gasteiger partial charge in [0.05, 0.1) is 11.9 Å². The number of aliphatic carboxylic acids is 2. The van der Waals surface area contributed by atoms with E-state index in [4.69, 9.17) is 20.4 Å². The fourth-order valence-corrected chi connectivity index (χ4v) is 0.652. The first kappa shape index (κ1) is 23.2. The van der Waals surface area contributed by atoms with E-state index in [1.54, 1.807) is 0 Å². The van der Waals surface area contributed by atoms with E-state index in [0.717, 1.165) is 0 Å². The molecule has 0 amide bonds. The molecule has 0 fully saturated rings. The molecule has 0 spiro atoms. The van der Waals surface area contributed by atoms with Crippen LogP contribution >= 0.6 is 0 Å². The van der Waals surface area contributed by atoms with Gasteiger partial charge in [0, 0.05) is 0 Å². The molecule has 16 heavy (non-hydrogen) atoms. The van der Waals surface area contributed by atoms with Gasteiger partial charge in [-0.2, -0.15) is 0 Å². The molecule has 82 valence electrons. The maximum absolute atomic E-state index is 9.96. The Kier molecular flexibility index (Phi) is 15.8. The molecule has 0 radical (unpaired) electrons. The summed E-state index contributed by atoms with van der Waals surface area (Å²) < 4.78 is 0. The number of hydrogen-bond acceptors (Lipinski definition) is 8. The maximum atomic E-state index is 9.96. The van der Waals surface area contributed by atoms with Crippen LogP contribution in [-0.2, 0) is 9.59 Å². The van der Waals surface area contributed by atoms with Crippen LogP contribution < -0.4 is 113 Å². The average molecular weight is 286 g/mol. The van der Waals surface area contributed by atoms with E-state index in [9.17, 15) is 19.8 Å². The topological polar surface area (TPSA) is 161 Å². The van der Waals surface area contributed by atoms with Crippen molar-refractivity contribution < 1.29 is 143 Å². The third-order valence-corrected chi connectivity index (χ3v) is 1.48. The van der Waals surface area contributed by atoms with E-state index < -0.39 is 36.4 Å². The molecule has 0 aliphatic rings. The molecule has 0 aliphatic carbocycles. The Morgan fingerprint density at radius 3 is 1.06 bits per heavy atom. The normalized spacial score (nSPS) is 17.0. The van der Waals surface area contributed by atoms with Crippen LogP contribution in [0.5, 0.6) is 0 Å². The van der Waals surface area contributed by atoms with E-state index in [-0.39, 0.29) is 103 Å². The Labute approximate surface area is 175 Å². The van der Waals surface area contributed by atoms with Crippen molar-refractivity contribution in [1.29, 1.82) is 0 Å². The van der Waals surface area contributed by atoms with Crippen LogP contribution in [0.3, 0.4) is 0 Å². The van der Waals surface area contributed by atoms with Crippen molar-refractivity contribution >= 4 is 11.9 Å². The minimum atomic E-state index is -2.50. The molecule has 0 aromatic heterocycles. The molecule has 4 N–H and O–H groups in total. The summed E-state index contributed by atoms with van der Waals surface area (Å²) in [5.74, 6) is -4.22. The van der Waals surface area contributed by atoms with Crippen molar-refractivity contribution in [2.45, 2.75) is 24.4 Å². The van der Waals surface area contributed by atoms with Crippen molar-refractivity contribution in [3.8, 4) is 0 Å². The molecule has 0 aliphatic heterocycles. The zero-order valence-electron chi connectivity index (χ0n) is 8.73. The summed E-state index contributed by atoms with van der Waals surface area (Å²) >= 11 is 0. The van der Waals surface area contributed by atoms with Crippen LogP contribution in [0, 0.1) is 0 Å². The van der Waals surface area contributed by atoms with Gasteiger partial charge in [-0.15, -0.1) is 0 Å². The summed E-state index contributed by atoms with van der Waals surface area (Å²) in [7, 11) is 0. The average Bonchev–Trinajstić information content (AvgIpc) is 2.12. The smallest absolute Gasteiger partial charge is 0.547 e. The Bertz CT molecular complexity index is 211. The first-order valence-corrected chi connectivity index (χ1v) is 3.43. The van der Waals surface area contributed by atoms with Gasteiger partial charge in [0.15, 0.2) is 0 Å². The third-order valence-electron chi connectivity index (χ3n) is 1.48. The van der Waals surface area contributed by atoms with E-state index in [2.05, 4.69) is 0 Å². The zero-order chi connectivity index (χ0) is 11.5. The van der Waals surface area contributed by atoms with Gasteiger partial charge in [-0.05, 0) is 0 Å². The molecule has 8 nitrogen and oxygen atoms in total. The fourth-order valence-electron chi connectivity index (χ4n) is 0.652. The minimum Gasteiger partial charge on any atom is -0.547 e. The van der Waals surface area contributed by atoms with Gasteiger partial charge >= 0.3 is 103 Å². The van der Waals surface area contributed by atoms with E-state index in [1.165, 1.54) is 0 Å². The van der Waals surface area contributed by atoms with Crippen LogP contribution in [0.2, 0.25) is 0 Å². The summed E-state index contributed by atoms with van der Waals surface area (Å²) in [6, 6.07) is 0. The molecule has 4 unspecified atom stereocenters. The Hall–Kier alpha value is 2.05. The van der Waals surface area contributed by atoms with Gasteiger partial charge in [-0.1, -0.05) is 0 Å². The molecule has 0 saturated heterocycles. The van der Waals surface area contributed by atoms with Gasteiger partial charge in [0.2, 0.25) is 0 Å². The SMILES string of the molecule is O=C([O-])C(O)C(O)C(O)C(O)C(=O)[O-].[K+].[K+]. The number of aliphatic hydroxyl groups excluding tert-OH is 4. The van der Waals surface area contributed by atoms with Crippen LogP contribution in [0.1, 0.15) is 0 Å². The number of carbonyl (C=O) groups excluding carboxylic acids is 2. The number of aliphatic hydroxyl groups is 4. The van der Waals surface area contributed by atoms with Gasteiger partial charge in [-0.25, -0.2) is 0 Å². The van der Waals surface area contributed by atoms with Gasteiger partial charge in [0.25, 0.3) is 0 Å². The number of carboxylic acids is 2. The maximum Gasteiger partial charge on any atom is 1.00 e. The Morgan fingerprint density at radius 2 is 0.938 bits per heavy atom. The summed E-state index contributed by atoms with van der Waals surface area (Å²) in [6.07, 6.45) is -9.76. The summed E-state index contributed by atoms with van der Waals surface area (Å²) in [4.78, 5) is 19.9. The van der Waals surface area contributed by atoms with Gasteiger partial charge in [-0.3, -0.25) is 0 Å². The summed E-state index contributed by atoms with van der Waals surface area (Å²) in [5.41, 5.74) is 0. The standard InChI is InChI=1S/C6H10O8.2K/c7-1(3(9)5(11)12)2(8)4(10)6(13)14;;/h1-4,7-10H,(H,11,12)(H,13,14);;/q;2*+1/p-2. The predicted molar refractivity (Wildman–Crippen MR) is 34.0 cm³/mol. The molecule has 0 aromatic rings. The second-order valence-electron chi connectivity index (χ2n) is 2.51. The Morgan fingerprint density at radius 1 is 0.750 bits per heavy atom. The third kappa shape index (κ3) is 7.48. The quantitative estimate of drug-likeness (QED) is 0.362. The van der Waals surface area contributed by atoms with Crippen LogP contribution in [0.25, 0.3) is 0 Å². The second-order valence-corrected chi connectivity index (χ2v) is 2.51. The van der Waals surface area contributed by atoms with Crippen molar-refractivity contribution in [2.75, 3.05) is 0 Å². The van der Waals surface area contributed by atoms with E-state index >= 15 is 0 Å². The molecular formula is C6H8K2O8. The zero-order valence-corrected chi connectivity index (χ0v) is 15.0. The number of hydrogen-bond donors (Lipinski definition) is 4. The van der Waals surface area contributed by atoms with E-state index in [0.29, 0.717) is 0 Å². The van der Waals surface area contributed by atoms with Crippen LogP contribution in [-0.4, -0.2) is 56.8 Å². The predicted octanol–water partition coefficient (Wildman–Crippen LogP) is -12.1. The molecule has 10 heteroatoms. The summed E-state index contributed by atoms with van der Waals surface area (Å²) in [5, 5.41) is 54.7. The molecule has 0 rings (SSSR count). The monoisotopic (exact) mass is 286 g/mol. The number of carboxylic acid groups (broad SMARTS) is 2. The number of carbonyl (C=O) groups is 2. The first-order chi connectivity index (χ1) is 6.29. The molecule has 0 saturated carbocycles. The largest absolute Gasteiger partial charge is 1.00 e. The van der Waals surface area contributed by atoms with Crippen molar-refractivity contribution in [3.63, 3.8) is 0 Å². The molecule has 4 atom stereocenters. The molecule has 0 heterocycles. The Balaban J connectivity index is -0.000000845. The summed E-state index contributed by atoms with van der Waals surface area (Å²) in [6.45, 7) is 0. The fraction of sp³-hybridized carbons (Fsp3) is 0.667. The van der Waals surface area contributed by atoms with Crippen molar-refractivity contribution in [1.82, 2.24) is 0 Å². The molecule has 0 aromatic carbocycles. The number of rotatable bonds is 5. The molecule has 0 bridgehead atoms. The van der Waals surface area contributed by atoms with Crippen LogP contribution in [0.15, 0.2) is 0 Å². The van der Waals surface area contributed by atoms with Crippen molar-refractivity contribution in [2.24, 2.45) is 0 Å².